The molecule has 30 heavy (non-hydrogen) atoms. The van der Waals surface area contributed by atoms with Crippen LogP contribution in [0.15, 0.2) is 18.2 Å². The summed E-state index contributed by atoms with van der Waals surface area (Å²) in [4.78, 5) is 40.5. The average molecular weight is 412 g/mol. The van der Waals surface area contributed by atoms with Crippen LogP contribution in [0.5, 0.6) is 0 Å². The number of benzene rings is 1. The van der Waals surface area contributed by atoms with E-state index in [0.717, 1.165) is 49.3 Å². The lowest BCUT2D eigenvalue weighted by atomic mass is 9.93. The van der Waals surface area contributed by atoms with Crippen LogP contribution >= 0.6 is 0 Å². The molecule has 1 aromatic heterocycles. The molecule has 2 saturated heterocycles. The Labute approximate surface area is 175 Å². The van der Waals surface area contributed by atoms with E-state index in [4.69, 9.17) is 0 Å². The molecule has 3 heterocycles. The van der Waals surface area contributed by atoms with E-state index >= 15 is 0 Å². The summed E-state index contributed by atoms with van der Waals surface area (Å²) in [7, 11) is 1.83. The van der Waals surface area contributed by atoms with Gasteiger partial charge in [-0.05, 0) is 31.2 Å². The Morgan fingerprint density at radius 3 is 2.70 bits per heavy atom. The number of likely N-dealkylation sites (N-methyl/N-ethyl adjacent to an activating group) is 1. The van der Waals surface area contributed by atoms with Gasteiger partial charge < -0.3 is 15.1 Å². The first kappa shape index (κ1) is 20.3. The zero-order valence-electron chi connectivity index (χ0n) is 17.5. The van der Waals surface area contributed by atoms with E-state index in [0.29, 0.717) is 18.5 Å². The number of hydrogen-bond acceptors (Lipinski definition) is 6. The molecular weight excluding hydrogens is 384 g/mol. The van der Waals surface area contributed by atoms with Crippen molar-refractivity contribution in [3.8, 4) is 0 Å². The van der Waals surface area contributed by atoms with Crippen LogP contribution in [0, 0.1) is 0 Å². The molecule has 2 aliphatic rings. The van der Waals surface area contributed by atoms with Crippen molar-refractivity contribution in [2.75, 3.05) is 44.6 Å². The number of carbonyl (C=O) groups is 3. The largest absolute Gasteiger partial charge is 0.376 e. The molecule has 4 rings (SSSR count). The van der Waals surface area contributed by atoms with E-state index in [1.807, 2.05) is 30.1 Å². The molecule has 2 aliphatic heterocycles. The SMILES string of the molecule is CCN1CCN(C(=O)CNc2ccc3c(C4CCC(=O)NC4=O)nn(C)c3c2)CC1. The number of rotatable bonds is 5. The van der Waals surface area contributed by atoms with E-state index in [2.05, 4.69) is 27.6 Å². The van der Waals surface area contributed by atoms with Crippen molar-refractivity contribution >= 4 is 34.3 Å². The maximum atomic E-state index is 12.5. The van der Waals surface area contributed by atoms with Crippen LogP contribution < -0.4 is 10.6 Å². The first-order valence-electron chi connectivity index (χ1n) is 10.5. The normalized spacial score (nSPS) is 20.5. The number of hydrogen-bond donors (Lipinski definition) is 2. The summed E-state index contributed by atoms with van der Waals surface area (Å²) < 4.78 is 1.74. The molecule has 1 atom stereocenters. The van der Waals surface area contributed by atoms with E-state index in [1.165, 1.54) is 0 Å². The number of amides is 3. The Bertz CT molecular complexity index is 977. The minimum absolute atomic E-state index is 0.0973. The fourth-order valence-electron chi connectivity index (χ4n) is 4.21. The molecule has 2 N–H and O–H groups in total. The highest BCUT2D eigenvalue weighted by molar-refractivity contribution is 6.02. The number of nitrogens with one attached hydrogen (secondary N) is 2. The van der Waals surface area contributed by atoms with E-state index in [9.17, 15) is 14.4 Å². The van der Waals surface area contributed by atoms with Crippen molar-refractivity contribution in [3.63, 3.8) is 0 Å². The van der Waals surface area contributed by atoms with Gasteiger partial charge >= 0.3 is 0 Å². The van der Waals surface area contributed by atoms with E-state index in [-0.39, 0.29) is 24.3 Å². The number of fused-ring (bicyclic) bond motifs is 1. The van der Waals surface area contributed by atoms with Crippen LogP contribution in [-0.4, -0.2) is 76.6 Å². The van der Waals surface area contributed by atoms with Crippen molar-refractivity contribution < 1.29 is 14.4 Å². The van der Waals surface area contributed by atoms with Gasteiger partial charge in [0.05, 0.1) is 23.7 Å². The molecule has 9 heteroatoms. The van der Waals surface area contributed by atoms with Crippen LogP contribution in [0.1, 0.15) is 31.4 Å². The Morgan fingerprint density at radius 2 is 2.00 bits per heavy atom. The molecule has 9 nitrogen and oxygen atoms in total. The maximum absolute atomic E-state index is 12.5. The molecule has 1 unspecified atom stereocenters. The van der Waals surface area contributed by atoms with Crippen molar-refractivity contribution in [3.05, 3.63) is 23.9 Å². The van der Waals surface area contributed by atoms with Crippen LogP contribution in [0.4, 0.5) is 5.69 Å². The zero-order valence-corrected chi connectivity index (χ0v) is 17.5. The number of anilines is 1. The molecule has 0 radical (unpaired) electrons. The van der Waals surface area contributed by atoms with E-state index < -0.39 is 5.92 Å². The first-order valence-corrected chi connectivity index (χ1v) is 10.5. The van der Waals surface area contributed by atoms with Gasteiger partial charge in [-0.15, -0.1) is 0 Å². The second-order valence-corrected chi connectivity index (χ2v) is 7.91. The van der Waals surface area contributed by atoms with Gasteiger partial charge in [0, 0.05) is 50.7 Å². The maximum Gasteiger partial charge on any atom is 0.241 e. The molecule has 0 bridgehead atoms. The zero-order chi connectivity index (χ0) is 21.3. The van der Waals surface area contributed by atoms with Gasteiger partial charge in [-0.3, -0.25) is 24.4 Å². The quantitative estimate of drug-likeness (QED) is 0.701. The fourth-order valence-corrected chi connectivity index (χ4v) is 4.21. The number of carbonyl (C=O) groups excluding carboxylic acids is 3. The second kappa shape index (κ2) is 8.43. The highest BCUT2D eigenvalue weighted by Crippen LogP contribution is 2.31. The lowest BCUT2D eigenvalue weighted by Crippen LogP contribution is -2.49. The third-order valence-electron chi connectivity index (χ3n) is 6.07. The second-order valence-electron chi connectivity index (χ2n) is 7.91. The van der Waals surface area contributed by atoms with Gasteiger partial charge in [0.25, 0.3) is 0 Å². The Hall–Kier alpha value is -2.94. The molecule has 0 spiro atoms. The Morgan fingerprint density at radius 1 is 1.23 bits per heavy atom. The van der Waals surface area contributed by atoms with Gasteiger partial charge in [-0.1, -0.05) is 6.92 Å². The number of piperidine rings is 1. The Kier molecular flexibility index (Phi) is 5.72. The highest BCUT2D eigenvalue weighted by Gasteiger charge is 2.31. The van der Waals surface area contributed by atoms with Crippen molar-refractivity contribution in [1.82, 2.24) is 24.9 Å². The summed E-state index contributed by atoms with van der Waals surface area (Å²) in [5.74, 6) is -0.848. The standard InChI is InChI=1S/C21H28N6O3/c1-3-26-8-10-27(11-9-26)19(29)13-22-14-4-5-15-17(12-14)25(2)24-20(15)16-6-7-18(28)23-21(16)30/h4-5,12,16,22H,3,6-11,13H2,1-2H3,(H,23,28,30). The van der Waals surface area contributed by atoms with Crippen LogP contribution in [0.25, 0.3) is 10.9 Å². The summed E-state index contributed by atoms with van der Waals surface area (Å²) in [6.45, 7) is 6.79. The summed E-state index contributed by atoms with van der Waals surface area (Å²) in [5.41, 5.74) is 2.40. The predicted molar refractivity (Wildman–Crippen MR) is 113 cm³/mol. The molecule has 1 aromatic carbocycles. The molecule has 2 aromatic rings. The number of piperazine rings is 1. The molecule has 0 aliphatic carbocycles. The van der Waals surface area contributed by atoms with Crippen LogP contribution in [0.2, 0.25) is 0 Å². The fraction of sp³-hybridized carbons (Fsp3) is 0.524. The van der Waals surface area contributed by atoms with Gasteiger partial charge in [0.1, 0.15) is 0 Å². The summed E-state index contributed by atoms with van der Waals surface area (Å²) in [6, 6.07) is 5.77. The molecule has 3 amide bonds. The van der Waals surface area contributed by atoms with E-state index in [1.54, 1.807) is 4.68 Å². The molecular formula is C21H28N6O3. The van der Waals surface area contributed by atoms with Gasteiger partial charge in [0.2, 0.25) is 17.7 Å². The van der Waals surface area contributed by atoms with Crippen molar-refractivity contribution in [2.45, 2.75) is 25.7 Å². The topological polar surface area (TPSA) is 99.6 Å². The average Bonchev–Trinajstić information content (AvgIpc) is 3.08. The summed E-state index contributed by atoms with van der Waals surface area (Å²) in [6.07, 6.45) is 0.791. The lowest BCUT2D eigenvalue weighted by Gasteiger charge is -2.34. The number of aromatic nitrogens is 2. The first-order chi connectivity index (χ1) is 14.5. The van der Waals surface area contributed by atoms with Crippen LogP contribution in [0.3, 0.4) is 0 Å². The minimum Gasteiger partial charge on any atom is -0.376 e. The summed E-state index contributed by atoms with van der Waals surface area (Å²) in [5, 5.41) is 11.1. The smallest absolute Gasteiger partial charge is 0.241 e. The van der Waals surface area contributed by atoms with Crippen molar-refractivity contribution in [1.29, 1.82) is 0 Å². The van der Waals surface area contributed by atoms with Crippen LogP contribution in [-0.2, 0) is 21.4 Å². The molecule has 2 fully saturated rings. The predicted octanol–water partition coefficient (Wildman–Crippen LogP) is 0.670. The highest BCUT2D eigenvalue weighted by atomic mass is 16.2. The molecule has 0 saturated carbocycles. The Balaban J connectivity index is 1.44. The summed E-state index contributed by atoms with van der Waals surface area (Å²) >= 11 is 0. The minimum atomic E-state index is -0.423. The van der Waals surface area contributed by atoms with Gasteiger partial charge in [-0.25, -0.2) is 0 Å². The van der Waals surface area contributed by atoms with Crippen molar-refractivity contribution in [2.24, 2.45) is 7.05 Å². The number of imide groups is 1. The van der Waals surface area contributed by atoms with Gasteiger partial charge in [-0.2, -0.15) is 5.10 Å². The molecule has 160 valence electrons. The lowest BCUT2D eigenvalue weighted by molar-refractivity contribution is -0.134. The third kappa shape index (κ3) is 4.02. The number of aryl methyl sites for hydroxylation is 1. The third-order valence-corrected chi connectivity index (χ3v) is 6.07. The van der Waals surface area contributed by atoms with Gasteiger partial charge in [0.15, 0.2) is 0 Å². The number of nitrogens with zero attached hydrogens (tertiary/aromatic N) is 4. The monoisotopic (exact) mass is 412 g/mol.